The van der Waals surface area contributed by atoms with Gasteiger partial charge in [-0.05, 0) is 19.7 Å². The number of aliphatic imine (C=N–C) groups is 1. The average Bonchev–Trinajstić information content (AvgIpc) is 2.47. The third-order valence-corrected chi connectivity index (χ3v) is 3.58. The highest BCUT2D eigenvalue weighted by Gasteiger charge is 2.20. The third-order valence-electron chi connectivity index (χ3n) is 3.58. The molecule has 1 aliphatic rings. The van der Waals surface area contributed by atoms with E-state index < -0.39 is 0 Å². The molecule has 0 spiro atoms. The van der Waals surface area contributed by atoms with Crippen LogP contribution in [0.15, 0.2) is 29.3 Å². The fourth-order valence-electron chi connectivity index (χ4n) is 2.22. The molecule has 0 saturated carbocycles. The SMILES string of the molecule is CCN(C)CCN=C(N)NC1CCOc2ccccc21.I. The predicted molar refractivity (Wildman–Crippen MR) is 97.5 cm³/mol. The highest BCUT2D eigenvalue weighted by Crippen LogP contribution is 2.31. The Balaban J connectivity index is 0.00000220. The third kappa shape index (κ3) is 5.35. The number of fused-ring (bicyclic) bond motifs is 1. The summed E-state index contributed by atoms with van der Waals surface area (Å²) in [7, 11) is 2.08. The monoisotopic (exact) mass is 404 g/mol. The maximum atomic E-state index is 5.97. The molecular formula is C15H25IN4O. The van der Waals surface area contributed by atoms with E-state index in [0.717, 1.165) is 30.8 Å². The number of nitrogens with zero attached hydrogens (tertiary/aromatic N) is 2. The van der Waals surface area contributed by atoms with Crippen LogP contribution in [0.1, 0.15) is 24.9 Å². The molecule has 1 aliphatic heterocycles. The number of benzene rings is 1. The van der Waals surface area contributed by atoms with E-state index in [2.05, 4.69) is 35.2 Å². The molecule has 1 unspecified atom stereocenters. The van der Waals surface area contributed by atoms with Crippen molar-refractivity contribution in [2.24, 2.45) is 10.7 Å². The molecule has 1 heterocycles. The van der Waals surface area contributed by atoms with Gasteiger partial charge in [-0.2, -0.15) is 0 Å². The number of guanidine groups is 1. The van der Waals surface area contributed by atoms with E-state index in [1.165, 1.54) is 0 Å². The van der Waals surface area contributed by atoms with E-state index in [4.69, 9.17) is 10.5 Å². The molecule has 2 rings (SSSR count). The van der Waals surface area contributed by atoms with Crippen molar-refractivity contribution in [2.75, 3.05) is 33.3 Å². The normalized spacial score (nSPS) is 17.7. The predicted octanol–water partition coefficient (Wildman–Crippen LogP) is 1.98. The van der Waals surface area contributed by atoms with Crippen LogP contribution in [0.3, 0.4) is 0 Å². The Kier molecular flexibility index (Phi) is 7.81. The van der Waals surface area contributed by atoms with Crippen molar-refractivity contribution in [2.45, 2.75) is 19.4 Å². The number of nitrogens with one attached hydrogen (secondary N) is 1. The fourth-order valence-corrected chi connectivity index (χ4v) is 2.22. The molecule has 0 radical (unpaired) electrons. The lowest BCUT2D eigenvalue weighted by molar-refractivity contribution is 0.262. The molecule has 0 fully saturated rings. The van der Waals surface area contributed by atoms with Gasteiger partial charge in [0.2, 0.25) is 0 Å². The van der Waals surface area contributed by atoms with Crippen molar-refractivity contribution in [1.82, 2.24) is 10.2 Å². The summed E-state index contributed by atoms with van der Waals surface area (Å²) >= 11 is 0. The van der Waals surface area contributed by atoms with E-state index in [1.807, 2.05) is 18.2 Å². The molecule has 6 heteroatoms. The Morgan fingerprint density at radius 1 is 1.48 bits per heavy atom. The Bertz CT molecular complexity index is 467. The minimum Gasteiger partial charge on any atom is -0.493 e. The summed E-state index contributed by atoms with van der Waals surface area (Å²) in [6, 6.07) is 8.26. The summed E-state index contributed by atoms with van der Waals surface area (Å²) in [6.07, 6.45) is 0.905. The van der Waals surface area contributed by atoms with E-state index in [0.29, 0.717) is 19.1 Å². The van der Waals surface area contributed by atoms with Gasteiger partial charge in [-0.3, -0.25) is 4.99 Å². The van der Waals surface area contributed by atoms with E-state index in [1.54, 1.807) is 0 Å². The molecule has 3 N–H and O–H groups in total. The van der Waals surface area contributed by atoms with E-state index in [-0.39, 0.29) is 30.0 Å². The van der Waals surface area contributed by atoms with Crippen LogP contribution in [0.2, 0.25) is 0 Å². The molecule has 0 bridgehead atoms. The fraction of sp³-hybridized carbons (Fsp3) is 0.533. The molecule has 0 aliphatic carbocycles. The Hall–Kier alpha value is -1.02. The zero-order valence-electron chi connectivity index (χ0n) is 12.7. The molecule has 118 valence electrons. The van der Waals surface area contributed by atoms with Gasteiger partial charge in [-0.25, -0.2) is 0 Å². The smallest absolute Gasteiger partial charge is 0.189 e. The van der Waals surface area contributed by atoms with Gasteiger partial charge in [0.1, 0.15) is 5.75 Å². The Labute approximate surface area is 144 Å². The Morgan fingerprint density at radius 3 is 3.00 bits per heavy atom. The van der Waals surface area contributed by atoms with Crippen LogP contribution in [0.5, 0.6) is 5.75 Å². The van der Waals surface area contributed by atoms with Crippen LogP contribution in [-0.4, -0.2) is 44.1 Å². The summed E-state index contributed by atoms with van der Waals surface area (Å²) in [6.45, 7) is 5.50. The number of hydrogen-bond acceptors (Lipinski definition) is 3. The molecule has 1 aromatic rings. The van der Waals surface area contributed by atoms with Gasteiger partial charge in [-0.15, -0.1) is 24.0 Å². The molecular weight excluding hydrogens is 379 g/mol. The van der Waals surface area contributed by atoms with Crippen molar-refractivity contribution in [1.29, 1.82) is 0 Å². The van der Waals surface area contributed by atoms with Crippen molar-refractivity contribution in [3.63, 3.8) is 0 Å². The highest BCUT2D eigenvalue weighted by atomic mass is 127. The summed E-state index contributed by atoms with van der Waals surface area (Å²) < 4.78 is 5.64. The van der Waals surface area contributed by atoms with Crippen molar-refractivity contribution in [3.8, 4) is 5.75 Å². The van der Waals surface area contributed by atoms with Crippen LogP contribution in [0, 0.1) is 0 Å². The second kappa shape index (κ2) is 9.09. The van der Waals surface area contributed by atoms with Crippen LogP contribution >= 0.6 is 24.0 Å². The second-order valence-corrected chi connectivity index (χ2v) is 5.03. The van der Waals surface area contributed by atoms with Crippen LogP contribution in [-0.2, 0) is 0 Å². The van der Waals surface area contributed by atoms with Gasteiger partial charge in [0, 0.05) is 18.5 Å². The zero-order chi connectivity index (χ0) is 14.4. The summed E-state index contributed by atoms with van der Waals surface area (Å²) in [5.41, 5.74) is 7.12. The largest absolute Gasteiger partial charge is 0.493 e. The van der Waals surface area contributed by atoms with Gasteiger partial charge in [0.05, 0.1) is 19.2 Å². The number of rotatable bonds is 5. The average molecular weight is 404 g/mol. The van der Waals surface area contributed by atoms with Gasteiger partial charge < -0.3 is 20.7 Å². The molecule has 5 nitrogen and oxygen atoms in total. The molecule has 0 saturated heterocycles. The molecule has 1 atom stereocenters. The van der Waals surface area contributed by atoms with Gasteiger partial charge >= 0.3 is 0 Å². The number of hydrogen-bond donors (Lipinski definition) is 2. The number of ether oxygens (including phenoxy) is 1. The number of halogens is 1. The number of nitrogens with two attached hydrogens (primary N) is 1. The quantitative estimate of drug-likeness (QED) is 0.448. The molecule has 0 amide bonds. The van der Waals surface area contributed by atoms with Gasteiger partial charge in [-0.1, -0.05) is 25.1 Å². The standard InChI is InChI=1S/C15H24N4O.HI/c1-3-19(2)10-9-17-15(16)18-13-8-11-20-14-7-5-4-6-12(13)14;/h4-7,13H,3,8-11H2,1-2H3,(H3,16,17,18);1H. The lowest BCUT2D eigenvalue weighted by Gasteiger charge is -2.27. The van der Waals surface area contributed by atoms with E-state index >= 15 is 0 Å². The topological polar surface area (TPSA) is 62.9 Å². The van der Waals surface area contributed by atoms with E-state index in [9.17, 15) is 0 Å². The highest BCUT2D eigenvalue weighted by molar-refractivity contribution is 14.0. The van der Waals surface area contributed by atoms with Gasteiger partial charge in [0.25, 0.3) is 0 Å². The summed E-state index contributed by atoms with van der Waals surface area (Å²) in [4.78, 5) is 6.59. The first-order chi connectivity index (χ1) is 9.70. The molecule has 0 aromatic heterocycles. The van der Waals surface area contributed by atoms with Crippen LogP contribution < -0.4 is 15.8 Å². The first kappa shape index (κ1) is 18.0. The summed E-state index contributed by atoms with van der Waals surface area (Å²) in [5, 5.41) is 3.30. The van der Waals surface area contributed by atoms with Gasteiger partial charge in [0.15, 0.2) is 5.96 Å². The van der Waals surface area contributed by atoms with Crippen LogP contribution in [0.25, 0.3) is 0 Å². The molecule has 21 heavy (non-hydrogen) atoms. The molecule has 1 aromatic carbocycles. The van der Waals surface area contributed by atoms with Crippen LogP contribution in [0.4, 0.5) is 0 Å². The maximum absolute atomic E-state index is 5.97. The Morgan fingerprint density at radius 2 is 2.24 bits per heavy atom. The number of para-hydroxylation sites is 1. The van der Waals surface area contributed by atoms with Crippen molar-refractivity contribution < 1.29 is 4.74 Å². The second-order valence-electron chi connectivity index (χ2n) is 5.03. The first-order valence-electron chi connectivity index (χ1n) is 7.17. The maximum Gasteiger partial charge on any atom is 0.189 e. The van der Waals surface area contributed by atoms with Crippen molar-refractivity contribution >= 4 is 29.9 Å². The lowest BCUT2D eigenvalue weighted by Crippen LogP contribution is -2.37. The summed E-state index contributed by atoms with van der Waals surface area (Å²) in [5.74, 6) is 1.45. The number of likely N-dealkylation sites (N-methyl/N-ethyl adjacent to an activating group) is 1. The zero-order valence-corrected chi connectivity index (χ0v) is 15.0. The lowest BCUT2D eigenvalue weighted by atomic mass is 10.0. The first-order valence-corrected chi connectivity index (χ1v) is 7.17. The minimum atomic E-state index is 0. The minimum absolute atomic E-state index is 0. The van der Waals surface area contributed by atoms with Crippen molar-refractivity contribution in [3.05, 3.63) is 29.8 Å².